The molecule has 0 aromatic carbocycles. The summed E-state index contributed by atoms with van der Waals surface area (Å²) in [7, 11) is 0. The molecule has 0 bridgehead atoms. The van der Waals surface area contributed by atoms with Crippen LogP contribution in [-0.2, 0) is 9.59 Å². The van der Waals surface area contributed by atoms with Gasteiger partial charge in [0.1, 0.15) is 0 Å². The minimum absolute atomic E-state index is 0.130. The number of carbonyl (C=O) groups is 2. The van der Waals surface area contributed by atoms with Gasteiger partial charge in [0, 0.05) is 0 Å². The van der Waals surface area contributed by atoms with Gasteiger partial charge in [0.05, 0.1) is 11.8 Å². The van der Waals surface area contributed by atoms with Crippen LogP contribution in [0.5, 0.6) is 0 Å². The molecular weight excluding hydrogens is 184 g/mol. The lowest BCUT2D eigenvalue weighted by atomic mass is 10.1. The first kappa shape index (κ1) is 15.4. The summed E-state index contributed by atoms with van der Waals surface area (Å²) in [6.45, 7) is 7.06. The highest BCUT2D eigenvalue weighted by Gasteiger charge is 2.10. The van der Waals surface area contributed by atoms with Crippen LogP contribution in [0.2, 0.25) is 0 Å². The Morgan fingerprint density at radius 1 is 1.00 bits per heavy atom. The van der Waals surface area contributed by atoms with Crippen LogP contribution >= 0.6 is 0 Å². The summed E-state index contributed by atoms with van der Waals surface area (Å²) in [5, 5.41) is 16.4. The highest BCUT2D eigenvalue weighted by atomic mass is 16.4. The Kier molecular flexibility index (Phi) is 9.40. The fourth-order valence-electron chi connectivity index (χ4n) is 0.638. The Morgan fingerprint density at radius 3 is 1.29 bits per heavy atom. The van der Waals surface area contributed by atoms with Gasteiger partial charge in [-0.15, -0.1) is 0 Å². The molecule has 2 N–H and O–H groups in total. The van der Waals surface area contributed by atoms with Crippen molar-refractivity contribution in [2.45, 2.75) is 40.5 Å². The van der Waals surface area contributed by atoms with Gasteiger partial charge in [-0.25, -0.2) is 0 Å². The molecule has 0 spiro atoms. The minimum Gasteiger partial charge on any atom is -0.481 e. The van der Waals surface area contributed by atoms with Crippen LogP contribution in [0.4, 0.5) is 0 Å². The fourth-order valence-corrected chi connectivity index (χ4v) is 0.638. The lowest BCUT2D eigenvalue weighted by Crippen LogP contribution is -2.10. The monoisotopic (exact) mass is 204 g/mol. The molecule has 0 rings (SSSR count). The molecule has 0 amide bonds. The molecule has 14 heavy (non-hydrogen) atoms. The summed E-state index contributed by atoms with van der Waals surface area (Å²) in [4.78, 5) is 19.9. The van der Waals surface area contributed by atoms with Gasteiger partial charge in [0.2, 0.25) is 0 Å². The predicted octanol–water partition coefficient (Wildman–Crippen LogP) is 2.23. The Balaban J connectivity index is 0. The summed E-state index contributed by atoms with van der Waals surface area (Å²) in [6, 6.07) is 0. The molecule has 0 aliphatic rings. The summed E-state index contributed by atoms with van der Waals surface area (Å²) in [5.74, 6) is -1.77. The van der Waals surface area contributed by atoms with E-state index in [0.29, 0.717) is 0 Å². The van der Waals surface area contributed by atoms with E-state index in [9.17, 15) is 9.59 Å². The zero-order chi connectivity index (χ0) is 11.7. The Labute approximate surface area is 84.9 Å². The average Bonchev–Trinajstić information content (AvgIpc) is 2.06. The summed E-state index contributed by atoms with van der Waals surface area (Å²) in [5.41, 5.74) is 0. The number of hydrogen-bond donors (Lipinski definition) is 2. The van der Waals surface area contributed by atoms with Gasteiger partial charge in [0.15, 0.2) is 0 Å². The number of carboxylic acid groups (broad SMARTS) is 2. The number of rotatable bonds is 4. The topological polar surface area (TPSA) is 74.6 Å². The van der Waals surface area contributed by atoms with Crippen molar-refractivity contribution >= 4 is 11.9 Å². The van der Waals surface area contributed by atoms with Crippen LogP contribution in [0.1, 0.15) is 40.5 Å². The third kappa shape index (κ3) is 9.03. The zero-order valence-electron chi connectivity index (χ0n) is 9.28. The molecule has 0 saturated carbocycles. The van der Waals surface area contributed by atoms with E-state index in [-0.39, 0.29) is 11.8 Å². The molecule has 0 saturated heterocycles. The van der Waals surface area contributed by atoms with Crippen LogP contribution in [-0.4, -0.2) is 22.2 Å². The van der Waals surface area contributed by atoms with Crippen molar-refractivity contribution < 1.29 is 19.8 Å². The van der Waals surface area contributed by atoms with Gasteiger partial charge < -0.3 is 10.2 Å². The van der Waals surface area contributed by atoms with E-state index < -0.39 is 11.9 Å². The largest absolute Gasteiger partial charge is 0.481 e. The normalized spacial score (nSPS) is 9.57. The molecule has 0 heterocycles. The minimum atomic E-state index is -0.741. The van der Waals surface area contributed by atoms with Crippen molar-refractivity contribution in [3.63, 3.8) is 0 Å². The van der Waals surface area contributed by atoms with Gasteiger partial charge in [0.25, 0.3) is 0 Å². The van der Waals surface area contributed by atoms with Gasteiger partial charge in [-0.2, -0.15) is 0 Å². The first-order valence-electron chi connectivity index (χ1n) is 4.82. The van der Waals surface area contributed by atoms with E-state index in [4.69, 9.17) is 10.2 Å². The number of aliphatic carboxylic acids is 2. The van der Waals surface area contributed by atoms with Gasteiger partial charge in [-0.05, 0) is 12.8 Å². The predicted molar refractivity (Wildman–Crippen MR) is 54.2 cm³/mol. The van der Waals surface area contributed by atoms with E-state index in [0.717, 1.165) is 12.8 Å². The maximum absolute atomic E-state index is 10.2. The molecule has 0 radical (unpaired) electrons. The highest BCUT2D eigenvalue weighted by molar-refractivity contribution is 5.69. The number of carboxylic acids is 2. The smallest absolute Gasteiger partial charge is 0.306 e. The molecule has 4 nitrogen and oxygen atoms in total. The molecule has 84 valence electrons. The second-order valence-electron chi connectivity index (χ2n) is 3.34. The molecule has 0 aliphatic heterocycles. The third-order valence-electron chi connectivity index (χ3n) is 1.83. The van der Waals surface area contributed by atoms with Crippen molar-refractivity contribution in [2.24, 2.45) is 11.8 Å². The van der Waals surface area contributed by atoms with Crippen molar-refractivity contribution in [2.75, 3.05) is 0 Å². The van der Waals surface area contributed by atoms with Crippen molar-refractivity contribution in [3.8, 4) is 0 Å². The first-order chi connectivity index (χ1) is 6.36. The van der Waals surface area contributed by atoms with Crippen molar-refractivity contribution in [1.82, 2.24) is 0 Å². The molecule has 0 atom stereocenters. The van der Waals surface area contributed by atoms with Gasteiger partial charge in [-0.1, -0.05) is 27.7 Å². The van der Waals surface area contributed by atoms with E-state index in [2.05, 4.69) is 0 Å². The van der Waals surface area contributed by atoms with Crippen LogP contribution in [0.15, 0.2) is 0 Å². The van der Waals surface area contributed by atoms with Crippen molar-refractivity contribution in [1.29, 1.82) is 0 Å². The average molecular weight is 204 g/mol. The standard InChI is InChI=1S/C6H12O2.C4H8O2/c1-3-5(4-2)6(7)8;1-3(2)4(5)6/h5H,3-4H2,1-2H3,(H,7,8);3H,1-2H3,(H,5,6). The lowest BCUT2D eigenvalue weighted by Gasteiger charge is -2.02. The molecule has 0 aliphatic carbocycles. The van der Waals surface area contributed by atoms with E-state index in [1.54, 1.807) is 13.8 Å². The van der Waals surface area contributed by atoms with E-state index in [1.807, 2.05) is 13.8 Å². The highest BCUT2D eigenvalue weighted by Crippen LogP contribution is 2.05. The third-order valence-corrected chi connectivity index (χ3v) is 1.83. The molecule has 0 aromatic heterocycles. The van der Waals surface area contributed by atoms with Crippen LogP contribution < -0.4 is 0 Å². The quantitative estimate of drug-likeness (QED) is 0.736. The Morgan fingerprint density at radius 2 is 1.29 bits per heavy atom. The SMILES string of the molecule is CC(C)C(=O)O.CCC(CC)C(=O)O. The molecular formula is C10H20O4. The summed E-state index contributed by atoms with van der Waals surface area (Å²) in [6.07, 6.45) is 1.48. The summed E-state index contributed by atoms with van der Waals surface area (Å²) >= 11 is 0. The lowest BCUT2D eigenvalue weighted by molar-refractivity contribution is -0.142. The second-order valence-corrected chi connectivity index (χ2v) is 3.34. The van der Waals surface area contributed by atoms with Gasteiger partial charge in [-0.3, -0.25) is 9.59 Å². The fraction of sp³-hybridized carbons (Fsp3) is 0.800. The number of hydrogen-bond acceptors (Lipinski definition) is 2. The van der Waals surface area contributed by atoms with Crippen LogP contribution in [0.25, 0.3) is 0 Å². The van der Waals surface area contributed by atoms with Crippen LogP contribution in [0, 0.1) is 11.8 Å². The Bertz CT molecular complexity index is 171. The van der Waals surface area contributed by atoms with E-state index in [1.165, 1.54) is 0 Å². The first-order valence-corrected chi connectivity index (χ1v) is 4.82. The maximum atomic E-state index is 10.2. The molecule has 0 aromatic rings. The van der Waals surface area contributed by atoms with Crippen LogP contribution in [0.3, 0.4) is 0 Å². The molecule has 4 heteroatoms. The maximum Gasteiger partial charge on any atom is 0.306 e. The summed E-state index contributed by atoms with van der Waals surface area (Å²) < 4.78 is 0. The van der Waals surface area contributed by atoms with Crippen molar-refractivity contribution in [3.05, 3.63) is 0 Å². The molecule has 0 fully saturated rings. The second kappa shape index (κ2) is 8.53. The zero-order valence-corrected chi connectivity index (χ0v) is 9.28. The molecule has 0 unspecified atom stereocenters. The van der Waals surface area contributed by atoms with Gasteiger partial charge >= 0.3 is 11.9 Å². The Hall–Kier alpha value is -1.06. The van der Waals surface area contributed by atoms with E-state index >= 15 is 0 Å².